The van der Waals surface area contributed by atoms with Crippen molar-refractivity contribution >= 4 is 22.8 Å². The molecular weight excluding hydrogens is 316 g/mol. The quantitative estimate of drug-likeness (QED) is 0.897. The number of hydrogen-bond donors (Lipinski definition) is 2. The SMILES string of the molecule is CC[C@@]1(C(=O)O)C[C@@H]2CC[C@H]1N2C(=O)Cc1c(C)[nH]c2ccccc12. The maximum Gasteiger partial charge on any atom is 0.311 e. The summed E-state index contributed by atoms with van der Waals surface area (Å²) in [7, 11) is 0. The van der Waals surface area contributed by atoms with E-state index in [4.69, 9.17) is 0 Å². The number of carboxylic acid groups (broad SMARTS) is 1. The predicted molar refractivity (Wildman–Crippen MR) is 95.4 cm³/mol. The summed E-state index contributed by atoms with van der Waals surface area (Å²) >= 11 is 0. The molecule has 2 aliphatic heterocycles. The van der Waals surface area contributed by atoms with E-state index < -0.39 is 11.4 Å². The highest BCUT2D eigenvalue weighted by atomic mass is 16.4. The number of aromatic amines is 1. The monoisotopic (exact) mass is 340 g/mol. The first-order valence-electron chi connectivity index (χ1n) is 9.08. The zero-order valence-corrected chi connectivity index (χ0v) is 14.7. The second-order valence-corrected chi connectivity index (χ2v) is 7.52. The molecule has 0 radical (unpaired) electrons. The summed E-state index contributed by atoms with van der Waals surface area (Å²) in [4.78, 5) is 30.3. The number of nitrogens with zero attached hydrogens (tertiary/aromatic N) is 1. The molecule has 2 aliphatic rings. The van der Waals surface area contributed by atoms with Crippen molar-refractivity contribution in [1.82, 2.24) is 9.88 Å². The maximum atomic E-state index is 13.1. The molecule has 3 heterocycles. The van der Waals surface area contributed by atoms with Crippen LogP contribution in [0.1, 0.15) is 43.9 Å². The average molecular weight is 340 g/mol. The Labute approximate surface area is 147 Å². The largest absolute Gasteiger partial charge is 0.481 e. The van der Waals surface area contributed by atoms with Crippen molar-refractivity contribution in [2.24, 2.45) is 5.41 Å². The highest BCUT2D eigenvalue weighted by molar-refractivity contribution is 5.91. The van der Waals surface area contributed by atoms with Crippen LogP contribution in [-0.4, -0.2) is 39.0 Å². The van der Waals surface area contributed by atoms with Gasteiger partial charge in [-0.15, -0.1) is 0 Å². The number of para-hydroxylation sites is 1. The first-order valence-corrected chi connectivity index (χ1v) is 9.08. The Hall–Kier alpha value is -2.30. The number of carboxylic acids is 1. The van der Waals surface area contributed by atoms with Crippen LogP contribution < -0.4 is 0 Å². The fourth-order valence-corrected chi connectivity index (χ4v) is 5.13. The summed E-state index contributed by atoms with van der Waals surface area (Å²) in [5.74, 6) is -0.680. The topological polar surface area (TPSA) is 73.4 Å². The molecule has 4 rings (SSSR count). The minimum Gasteiger partial charge on any atom is -0.481 e. The maximum absolute atomic E-state index is 13.1. The molecule has 1 amide bonds. The summed E-state index contributed by atoms with van der Waals surface area (Å²) in [6.07, 6.45) is 3.26. The van der Waals surface area contributed by atoms with Gasteiger partial charge in [-0.3, -0.25) is 9.59 Å². The lowest BCUT2D eigenvalue weighted by Crippen LogP contribution is -2.45. The number of carbonyl (C=O) groups is 2. The molecule has 0 unspecified atom stereocenters. The van der Waals surface area contributed by atoms with Gasteiger partial charge < -0.3 is 15.0 Å². The van der Waals surface area contributed by atoms with E-state index >= 15 is 0 Å². The fourth-order valence-electron chi connectivity index (χ4n) is 5.13. The van der Waals surface area contributed by atoms with Gasteiger partial charge in [0.05, 0.1) is 11.8 Å². The van der Waals surface area contributed by atoms with Gasteiger partial charge in [0, 0.05) is 28.7 Å². The molecule has 3 atom stereocenters. The van der Waals surface area contributed by atoms with Crippen LogP contribution in [-0.2, 0) is 16.0 Å². The van der Waals surface area contributed by atoms with Crippen molar-refractivity contribution in [2.75, 3.05) is 0 Å². The zero-order chi connectivity index (χ0) is 17.8. The molecule has 2 aromatic rings. The molecule has 1 aromatic heterocycles. The van der Waals surface area contributed by atoms with Crippen LogP contribution in [0.2, 0.25) is 0 Å². The van der Waals surface area contributed by atoms with Crippen molar-refractivity contribution in [3.63, 3.8) is 0 Å². The number of carbonyl (C=O) groups excluding carboxylic acids is 1. The summed E-state index contributed by atoms with van der Waals surface area (Å²) in [5.41, 5.74) is 2.33. The zero-order valence-electron chi connectivity index (χ0n) is 14.7. The van der Waals surface area contributed by atoms with E-state index in [0.29, 0.717) is 19.3 Å². The summed E-state index contributed by atoms with van der Waals surface area (Å²) in [5, 5.41) is 10.9. The lowest BCUT2D eigenvalue weighted by atomic mass is 9.72. The standard InChI is InChI=1S/C20H24N2O3/c1-3-20(19(24)25)11-13-8-9-17(20)22(13)18(23)10-15-12(2)21-16-7-5-4-6-14(15)16/h4-7,13,17,21H,3,8-11H2,1-2H3,(H,24,25)/t13-,17+,20+/m0/s1. The van der Waals surface area contributed by atoms with Gasteiger partial charge in [-0.25, -0.2) is 0 Å². The molecule has 1 aromatic carbocycles. The van der Waals surface area contributed by atoms with E-state index in [-0.39, 0.29) is 18.0 Å². The van der Waals surface area contributed by atoms with E-state index in [1.165, 1.54) is 0 Å². The van der Waals surface area contributed by atoms with Gasteiger partial charge in [0.15, 0.2) is 0 Å². The van der Waals surface area contributed by atoms with E-state index in [0.717, 1.165) is 35.0 Å². The molecule has 0 spiro atoms. The van der Waals surface area contributed by atoms with Gasteiger partial charge in [-0.2, -0.15) is 0 Å². The van der Waals surface area contributed by atoms with Crippen molar-refractivity contribution in [3.05, 3.63) is 35.5 Å². The Bertz CT molecular complexity index is 856. The minimum absolute atomic E-state index is 0.0666. The van der Waals surface area contributed by atoms with E-state index in [2.05, 4.69) is 4.98 Å². The first kappa shape index (κ1) is 16.2. The third-order valence-corrected chi connectivity index (χ3v) is 6.44. The predicted octanol–water partition coefficient (Wildman–Crippen LogP) is 3.26. The molecule has 2 N–H and O–H groups in total. The summed E-state index contributed by atoms with van der Waals surface area (Å²) < 4.78 is 0. The summed E-state index contributed by atoms with van der Waals surface area (Å²) in [6, 6.07) is 7.94. The Kier molecular flexibility index (Phi) is 3.63. The number of aliphatic carboxylic acids is 1. The number of benzene rings is 1. The lowest BCUT2D eigenvalue weighted by Gasteiger charge is -2.32. The van der Waals surface area contributed by atoms with Gasteiger partial charge >= 0.3 is 5.97 Å². The molecule has 2 bridgehead atoms. The second-order valence-electron chi connectivity index (χ2n) is 7.52. The number of H-pyrrole nitrogens is 1. The van der Waals surface area contributed by atoms with Crippen LogP contribution >= 0.6 is 0 Å². The van der Waals surface area contributed by atoms with Crippen LogP contribution in [0.3, 0.4) is 0 Å². The second kappa shape index (κ2) is 5.61. The number of amides is 1. The highest BCUT2D eigenvalue weighted by Gasteiger charge is 2.60. The summed E-state index contributed by atoms with van der Waals surface area (Å²) in [6.45, 7) is 3.93. The van der Waals surface area contributed by atoms with Crippen LogP contribution in [0.5, 0.6) is 0 Å². The third kappa shape index (κ3) is 2.21. The van der Waals surface area contributed by atoms with Gasteiger partial charge in [0.1, 0.15) is 0 Å². The smallest absolute Gasteiger partial charge is 0.311 e. The molecule has 2 fully saturated rings. The van der Waals surface area contributed by atoms with Gasteiger partial charge in [-0.05, 0) is 44.2 Å². The van der Waals surface area contributed by atoms with Crippen LogP contribution in [0.25, 0.3) is 10.9 Å². The Morgan fingerprint density at radius 2 is 2.08 bits per heavy atom. The number of aryl methyl sites for hydroxylation is 1. The first-order chi connectivity index (χ1) is 12.0. The van der Waals surface area contributed by atoms with Crippen LogP contribution in [0.4, 0.5) is 0 Å². The Morgan fingerprint density at radius 3 is 2.76 bits per heavy atom. The minimum atomic E-state index is -0.756. The van der Waals surface area contributed by atoms with Gasteiger partial charge in [0.25, 0.3) is 0 Å². The molecule has 0 aliphatic carbocycles. The van der Waals surface area contributed by atoms with E-state index in [9.17, 15) is 14.7 Å². The highest BCUT2D eigenvalue weighted by Crippen LogP contribution is 2.52. The molecule has 2 saturated heterocycles. The molecule has 132 valence electrons. The van der Waals surface area contributed by atoms with Crippen molar-refractivity contribution in [2.45, 2.75) is 58.0 Å². The number of rotatable bonds is 4. The fraction of sp³-hybridized carbons (Fsp3) is 0.500. The molecule has 5 heteroatoms. The molecule has 5 nitrogen and oxygen atoms in total. The molecular formula is C20H24N2O3. The Morgan fingerprint density at radius 1 is 1.32 bits per heavy atom. The third-order valence-electron chi connectivity index (χ3n) is 6.44. The van der Waals surface area contributed by atoms with E-state index in [1.807, 2.05) is 43.0 Å². The number of hydrogen-bond acceptors (Lipinski definition) is 2. The number of aromatic nitrogens is 1. The van der Waals surface area contributed by atoms with Gasteiger partial charge in [0.2, 0.25) is 5.91 Å². The van der Waals surface area contributed by atoms with Crippen LogP contribution in [0.15, 0.2) is 24.3 Å². The molecule has 0 saturated carbocycles. The van der Waals surface area contributed by atoms with Crippen molar-refractivity contribution in [1.29, 1.82) is 0 Å². The number of fused-ring (bicyclic) bond motifs is 3. The lowest BCUT2D eigenvalue weighted by molar-refractivity contribution is -0.151. The normalized spacial score (nSPS) is 28.0. The average Bonchev–Trinajstić information content (AvgIpc) is 3.25. The van der Waals surface area contributed by atoms with Crippen LogP contribution in [0, 0.1) is 12.3 Å². The number of nitrogens with one attached hydrogen (secondary N) is 1. The van der Waals surface area contributed by atoms with E-state index in [1.54, 1.807) is 0 Å². The molecule has 25 heavy (non-hydrogen) atoms. The van der Waals surface area contributed by atoms with Crippen molar-refractivity contribution < 1.29 is 14.7 Å². The van der Waals surface area contributed by atoms with Crippen molar-refractivity contribution in [3.8, 4) is 0 Å². The van der Waals surface area contributed by atoms with Gasteiger partial charge in [-0.1, -0.05) is 25.1 Å². The Balaban J connectivity index is 1.64.